The number of amides is 1. The highest BCUT2D eigenvalue weighted by Gasteiger charge is 2.19. The molecule has 0 heterocycles. The molecule has 0 unspecified atom stereocenters. The normalized spacial score (nSPS) is 12.6. The lowest BCUT2D eigenvalue weighted by molar-refractivity contribution is 0.0504. The van der Waals surface area contributed by atoms with Gasteiger partial charge in [0.15, 0.2) is 0 Å². The van der Waals surface area contributed by atoms with E-state index in [9.17, 15) is 4.79 Å². The Labute approximate surface area is 134 Å². The summed E-state index contributed by atoms with van der Waals surface area (Å²) in [5.41, 5.74) is 1.84. The minimum Gasteiger partial charge on any atom is -0.444 e. The van der Waals surface area contributed by atoms with Gasteiger partial charge in [-0.05, 0) is 45.7 Å². The van der Waals surface area contributed by atoms with Crippen LogP contribution in [0.25, 0.3) is 0 Å². The summed E-state index contributed by atoms with van der Waals surface area (Å²) in [7, 11) is 0. The molecule has 22 heavy (non-hydrogen) atoms. The van der Waals surface area contributed by atoms with Crippen LogP contribution < -0.4 is 10.6 Å². The van der Waals surface area contributed by atoms with E-state index in [1.54, 1.807) is 0 Å². The smallest absolute Gasteiger partial charge is 0.407 e. The monoisotopic (exact) mass is 306 g/mol. The molecule has 4 nitrogen and oxygen atoms in total. The second-order valence-electron chi connectivity index (χ2n) is 6.68. The second-order valence-corrected chi connectivity index (χ2v) is 6.68. The Morgan fingerprint density at radius 2 is 1.95 bits per heavy atom. The Morgan fingerprint density at radius 3 is 2.55 bits per heavy atom. The van der Waals surface area contributed by atoms with Gasteiger partial charge in [-0.25, -0.2) is 4.79 Å². The molecule has 2 N–H and O–H groups in total. The highest BCUT2D eigenvalue weighted by molar-refractivity contribution is 5.68. The van der Waals surface area contributed by atoms with Gasteiger partial charge in [-0.15, -0.1) is 0 Å². The molecule has 0 saturated carbocycles. The Bertz CT molecular complexity index is 466. The fourth-order valence-corrected chi connectivity index (χ4v) is 2.15. The van der Waals surface area contributed by atoms with Gasteiger partial charge < -0.3 is 15.4 Å². The quantitative estimate of drug-likeness (QED) is 0.780. The third-order valence-electron chi connectivity index (χ3n) is 3.31. The minimum absolute atomic E-state index is 0.0643. The maximum Gasteiger partial charge on any atom is 0.407 e. The van der Waals surface area contributed by atoms with Crippen molar-refractivity contribution in [1.82, 2.24) is 5.32 Å². The van der Waals surface area contributed by atoms with E-state index >= 15 is 0 Å². The van der Waals surface area contributed by atoms with Gasteiger partial charge in [0.2, 0.25) is 0 Å². The number of aryl methyl sites for hydroxylation is 1. The van der Waals surface area contributed by atoms with Crippen LogP contribution in [0, 0.1) is 6.92 Å². The van der Waals surface area contributed by atoms with Crippen LogP contribution in [-0.2, 0) is 4.74 Å². The Hall–Kier alpha value is -1.71. The average Bonchev–Trinajstić information content (AvgIpc) is 2.41. The van der Waals surface area contributed by atoms with Gasteiger partial charge >= 0.3 is 6.09 Å². The molecule has 0 bridgehead atoms. The number of carbonyl (C=O) groups excluding carboxylic acids is 1. The zero-order valence-electron chi connectivity index (χ0n) is 14.5. The zero-order chi connectivity index (χ0) is 16.6. The van der Waals surface area contributed by atoms with Crippen LogP contribution >= 0.6 is 0 Å². The number of anilines is 1. The van der Waals surface area contributed by atoms with E-state index in [0.29, 0.717) is 6.54 Å². The summed E-state index contributed by atoms with van der Waals surface area (Å²) in [5, 5.41) is 6.39. The molecule has 124 valence electrons. The van der Waals surface area contributed by atoms with Gasteiger partial charge in [0.05, 0.1) is 0 Å². The van der Waals surface area contributed by atoms with Crippen molar-refractivity contribution >= 4 is 11.8 Å². The van der Waals surface area contributed by atoms with E-state index in [-0.39, 0.29) is 12.1 Å². The predicted molar refractivity (Wildman–Crippen MR) is 92.4 cm³/mol. The number of para-hydroxylation sites is 1. The van der Waals surface area contributed by atoms with Crippen LogP contribution in [0.15, 0.2) is 24.3 Å². The molecule has 0 saturated heterocycles. The largest absolute Gasteiger partial charge is 0.444 e. The molecule has 1 aromatic rings. The molecule has 0 radical (unpaired) electrons. The van der Waals surface area contributed by atoms with E-state index in [2.05, 4.69) is 36.6 Å². The van der Waals surface area contributed by atoms with Crippen molar-refractivity contribution in [3.8, 4) is 0 Å². The highest BCUT2D eigenvalue weighted by Crippen LogP contribution is 2.14. The fourth-order valence-electron chi connectivity index (χ4n) is 2.15. The topological polar surface area (TPSA) is 50.4 Å². The number of benzene rings is 1. The molecule has 0 spiro atoms. The van der Waals surface area contributed by atoms with Crippen molar-refractivity contribution in [2.45, 2.75) is 65.5 Å². The number of ether oxygens (including phenoxy) is 1. The second kappa shape index (κ2) is 8.66. The third-order valence-corrected chi connectivity index (χ3v) is 3.31. The third kappa shape index (κ3) is 7.34. The summed E-state index contributed by atoms with van der Waals surface area (Å²) in [5.74, 6) is 0. The van der Waals surface area contributed by atoms with Crippen molar-refractivity contribution in [1.29, 1.82) is 0 Å². The summed E-state index contributed by atoms with van der Waals surface area (Å²) in [6, 6.07) is 8.23. The fraction of sp³-hybridized carbons (Fsp3) is 0.611. The Morgan fingerprint density at radius 1 is 1.27 bits per heavy atom. The SMILES string of the molecule is CCCC[C@@H](CNc1ccccc1C)NC(=O)OC(C)(C)C. The molecular weight excluding hydrogens is 276 g/mol. The van der Waals surface area contributed by atoms with E-state index in [4.69, 9.17) is 4.74 Å². The maximum absolute atomic E-state index is 11.9. The van der Waals surface area contributed by atoms with Gasteiger partial charge in [0.25, 0.3) is 0 Å². The Balaban J connectivity index is 2.57. The molecule has 1 amide bonds. The van der Waals surface area contributed by atoms with Crippen LogP contribution in [0.1, 0.15) is 52.5 Å². The number of alkyl carbamates (subject to hydrolysis) is 1. The molecule has 1 atom stereocenters. The Kier molecular flexibility index (Phi) is 7.22. The van der Waals surface area contributed by atoms with Gasteiger partial charge in [-0.3, -0.25) is 0 Å². The molecule has 0 aromatic heterocycles. The zero-order valence-corrected chi connectivity index (χ0v) is 14.5. The van der Waals surface area contributed by atoms with Gasteiger partial charge in [0, 0.05) is 18.3 Å². The summed E-state index contributed by atoms with van der Waals surface area (Å²) in [4.78, 5) is 11.9. The maximum atomic E-state index is 11.9. The first kappa shape index (κ1) is 18.3. The van der Waals surface area contributed by atoms with Crippen LogP contribution in [0.2, 0.25) is 0 Å². The molecule has 0 aliphatic heterocycles. The summed E-state index contributed by atoms with van der Waals surface area (Å²) < 4.78 is 5.35. The van der Waals surface area contributed by atoms with Crippen LogP contribution in [0.5, 0.6) is 0 Å². The first-order chi connectivity index (χ1) is 10.3. The molecule has 0 aliphatic carbocycles. The number of nitrogens with one attached hydrogen (secondary N) is 2. The van der Waals surface area contributed by atoms with E-state index in [0.717, 1.165) is 24.9 Å². The highest BCUT2D eigenvalue weighted by atomic mass is 16.6. The summed E-state index contributed by atoms with van der Waals surface area (Å²) in [6.45, 7) is 10.5. The number of rotatable bonds is 7. The number of carbonyl (C=O) groups is 1. The molecule has 1 aromatic carbocycles. The van der Waals surface area contributed by atoms with E-state index < -0.39 is 5.60 Å². The van der Waals surface area contributed by atoms with Crippen molar-refractivity contribution < 1.29 is 9.53 Å². The van der Waals surface area contributed by atoms with Crippen molar-refractivity contribution in [3.05, 3.63) is 29.8 Å². The first-order valence-electron chi connectivity index (χ1n) is 8.11. The lowest BCUT2D eigenvalue weighted by atomic mass is 10.1. The van der Waals surface area contributed by atoms with Crippen molar-refractivity contribution in [3.63, 3.8) is 0 Å². The lowest BCUT2D eigenvalue weighted by Crippen LogP contribution is -2.42. The lowest BCUT2D eigenvalue weighted by Gasteiger charge is -2.24. The molecule has 1 rings (SSSR count). The summed E-state index contributed by atoms with van der Waals surface area (Å²) in [6.07, 6.45) is 2.78. The van der Waals surface area contributed by atoms with Crippen molar-refractivity contribution in [2.75, 3.05) is 11.9 Å². The van der Waals surface area contributed by atoms with Gasteiger partial charge in [-0.2, -0.15) is 0 Å². The number of hydrogen-bond donors (Lipinski definition) is 2. The molecular formula is C18H30N2O2. The van der Waals surface area contributed by atoms with Gasteiger partial charge in [-0.1, -0.05) is 38.0 Å². The van der Waals surface area contributed by atoms with Crippen LogP contribution in [0.4, 0.5) is 10.5 Å². The van der Waals surface area contributed by atoms with Crippen molar-refractivity contribution in [2.24, 2.45) is 0 Å². The average molecular weight is 306 g/mol. The van der Waals surface area contributed by atoms with E-state index in [1.807, 2.05) is 32.9 Å². The molecule has 0 fully saturated rings. The number of unbranched alkanes of at least 4 members (excludes halogenated alkanes) is 1. The summed E-state index contributed by atoms with van der Waals surface area (Å²) >= 11 is 0. The number of hydrogen-bond acceptors (Lipinski definition) is 3. The standard InChI is InChI=1S/C18H30N2O2/c1-6-7-11-15(20-17(21)22-18(3,4)5)13-19-16-12-9-8-10-14(16)2/h8-10,12,15,19H,6-7,11,13H2,1-5H3,(H,20,21)/t15-/m0/s1. The predicted octanol–water partition coefficient (Wildman–Crippen LogP) is 4.49. The minimum atomic E-state index is -0.469. The molecule has 4 heteroatoms. The molecule has 0 aliphatic rings. The van der Waals surface area contributed by atoms with Crippen LogP contribution in [-0.4, -0.2) is 24.3 Å². The first-order valence-corrected chi connectivity index (χ1v) is 8.11. The van der Waals surface area contributed by atoms with E-state index in [1.165, 1.54) is 5.56 Å². The van der Waals surface area contributed by atoms with Crippen LogP contribution in [0.3, 0.4) is 0 Å². The van der Waals surface area contributed by atoms with Gasteiger partial charge in [0.1, 0.15) is 5.60 Å².